The topological polar surface area (TPSA) is 109 Å². The molecular formula is C17H22N4O3S. The Balaban J connectivity index is 1.73. The van der Waals surface area contributed by atoms with Crippen molar-refractivity contribution < 1.29 is 13.2 Å². The quantitative estimate of drug-likeness (QED) is 0.862. The second-order valence-electron chi connectivity index (χ2n) is 6.52. The van der Waals surface area contributed by atoms with Gasteiger partial charge in [0.05, 0.1) is 4.90 Å². The molecule has 7 nitrogen and oxygen atoms in total. The minimum absolute atomic E-state index is 0.145. The number of primary amides is 1. The Morgan fingerprint density at radius 2 is 1.92 bits per heavy atom. The van der Waals surface area contributed by atoms with Gasteiger partial charge in [-0.1, -0.05) is 17.7 Å². The summed E-state index contributed by atoms with van der Waals surface area (Å²) < 4.78 is 27.3. The lowest BCUT2D eigenvalue weighted by Gasteiger charge is -2.31. The molecule has 0 bridgehead atoms. The molecule has 0 radical (unpaired) electrons. The maximum Gasteiger partial charge on any atom is 0.269 e. The number of sulfonamides is 1. The van der Waals surface area contributed by atoms with E-state index in [1.165, 1.54) is 4.31 Å². The van der Waals surface area contributed by atoms with E-state index in [9.17, 15) is 13.2 Å². The average molecular weight is 362 g/mol. The Bertz CT molecular complexity index is 896. The van der Waals surface area contributed by atoms with Gasteiger partial charge in [0.15, 0.2) is 0 Å². The summed E-state index contributed by atoms with van der Waals surface area (Å²) in [7, 11) is -3.49. The van der Waals surface area contributed by atoms with Crippen molar-refractivity contribution in [1.29, 1.82) is 0 Å². The maximum atomic E-state index is 12.9. The van der Waals surface area contributed by atoms with Crippen LogP contribution in [0, 0.1) is 13.8 Å². The number of hydrogen-bond donors (Lipinski definition) is 2. The molecule has 0 aliphatic carbocycles. The fourth-order valence-corrected chi connectivity index (χ4v) is 4.98. The monoisotopic (exact) mass is 362 g/mol. The van der Waals surface area contributed by atoms with E-state index in [2.05, 4.69) is 10.2 Å². The third-order valence-corrected chi connectivity index (χ3v) is 6.75. The summed E-state index contributed by atoms with van der Waals surface area (Å²) in [6.45, 7) is 4.64. The van der Waals surface area contributed by atoms with Crippen molar-refractivity contribution in [3.05, 3.63) is 46.8 Å². The van der Waals surface area contributed by atoms with Gasteiger partial charge in [-0.3, -0.25) is 9.89 Å². The number of aromatic nitrogens is 2. The van der Waals surface area contributed by atoms with Crippen molar-refractivity contribution in [3.8, 4) is 0 Å². The predicted molar refractivity (Wildman–Crippen MR) is 93.8 cm³/mol. The highest BCUT2D eigenvalue weighted by molar-refractivity contribution is 7.89. The van der Waals surface area contributed by atoms with Gasteiger partial charge in [0.1, 0.15) is 5.69 Å². The first-order valence-corrected chi connectivity index (χ1v) is 9.65. The van der Waals surface area contributed by atoms with Crippen molar-refractivity contribution >= 4 is 15.9 Å². The van der Waals surface area contributed by atoms with E-state index in [1.54, 1.807) is 12.1 Å². The molecule has 0 unspecified atom stereocenters. The van der Waals surface area contributed by atoms with Crippen LogP contribution < -0.4 is 5.73 Å². The van der Waals surface area contributed by atoms with Crippen LogP contribution in [0.15, 0.2) is 29.2 Å². The highest BCUT2D eigenvalue weighted by Crippen LogP contribution is 2.31. The number of nitrogens with one attached hydrogen (secondary N) is 1. The number of carbonyl (C=O) groups excluding carboxylic acids is 1. The Kier molecular flexibility index (Phi) is 4.66. The molecule has 0 saturated carbocycles. The van der Waals surface area contributed by atoms with Crippen LogP contribution in [0.3, 0.4) is 0 Å². The lowest BCUT2D eigenvalue weighted by Crippen LogP contribution is -2.38. The van der Waals surface area contributed by atoms with E-state index >= 15 is 0 Å². The Hall–Kier alpha value is -2.19. The predicted octanol–water partition coefficient (Wildman–Crippen LogP) is 1.69. The number of piperidine rings is 1. The first-order valence-electron chi connectivity index (χ1n) is 8.21. The van der Waals surface area contributed by atoms with E-state index < -0.39 is 15.9 Å². The van der Waals surface area contributed by atoms with Gasteiger partial charge in [-0.2, -0.15) is 9.40 Å². The van der Waals surface area contributed by atoms with Crippen molar-refractivity contribution in [1.82, 2.24) is 14.5 Å². The van der Waals surface area contributed by atoms with E-state index in [-0.39, 0.29) is 11.6 Å². The lowest BCUT2D eigenvalue weighted by atomic mass is 9.94. The highest BCUT2D eigenvalue weighted by Gasteiger charge is 2.31. The van der Waals surface area contributed by atoms with Gasteiger partial charge in [-0.25, -0.2) is 8.42 Å². The Labute approximate surface area is 147 Å². The highest BCUT2D eigenvalue weighted by atomic mass is 32.2. The van der Waals surface area contributed by atoms with Crippen LogP contribution in [0.1, 0.15) is 46.1 Å². The molecule has 2 heterocycles. The zero-order valence-corrected chi connectivity index (χ0v) is 15.1. The molecule has 0 spiro atoms. The first kappa shape index (κ1) is 17.6. The van der Waals surface area contributed by atoms with Gasteiger partial charge in [-0.15, -0.1) is 0 Å². The van der Waals surface area contributed by atoms with Crippen LogP contribution in [0.4, 0.5) is 0 Å². The minimum Gasteiger partial charge on any atom is -0.364 e. The van der Waals surface area contributed by atoms with Gasteiger partial charge in [0.25, 0.3) is 5.91 Å². The van der Waals surface area contributed by atoms with E-state index in [0.29, 0.717) is 30.8 Å². The van der Waals surface area contributed by atoms with Crippen molar-refractivity contribution in [2.75, 3.05) is 13.1 Å². The molecule has 3 rings (SSSR count). The molecule has 1 saturated heterocycles. The molecule has 1 fully saturated rings. The van der Waals surface area contributed by atoms with Gasteiger partial charge in [0.2, 0.25) is 10.0 Å². The fourth-order valence-electron chi connectivity index (χ4n) is 3.31. The normalized spacial score (nSPS) is 16.9. The zero-order chi connectivity index (χ0) is 18.2. The summed E-state index contributed by atoms with van der Waals surface area (Å²) in [5.74, 6) is -0.427. The number of aromatic amines is 1. The minimum atomic E-state index is -3.49. The summed E-state index contributed by atoms with van der Waals surface area (Å²) in [6, 6.07) is 7.04. The molecular weight excluding hydrogens is 340 g/mol. The van der Waals surface area contributed by atoms with Crippen LogP contribution in [0.2, 0.25) is 0 Å². The Morgan fingerprint density at radius 3 is 2.48 bits per heavy atom. The zero-order valence-electron chi connectivity index (χ0n) is 14.3. The van der Waals surface area contributed by atoms with Crippen molar-refractivity contribution in [2.24, 2.45) is 5.73 Å². The van der Waals surface area contributed by atoms with Gasteiger partial charge < -0.3 is 5.73 Å². The molecule has 1 aromatic heterocycles. The van der Waals surface area contributed by atoms with Crippen LogP contribution in [0.5, 0.6) is 0 Å². The Morgan fingerprint density at radius 1 is 1.24 bits per heavy atom. The summed E-state index contributed by atoms with van der Waals surface area (Å²) in [4.78, 5) is 11.5. The van der Waals surface area contributed by atoms with Crippen LogP contribution in [0.25, 0.3) is 0 Å². The molecule has 1 aliphatic rings. The van der Waals surface area contributed by atoms with Gasteiger partial charge in [0, 0.05) is 24.7 Å². The number of benzene rings is 1. The third kappa shape index (κ3) is 3.45. The molecule has 1 aliphatic heterocycles. The number of rotatable bonds is 4. The number of H-pyrrole nitrogens is 1. The number of amides is 1. The number of nitrogens with zero attached hydrogens (tertiary/aromatic N) is 2. The largest absolute Gasteiger partial charge is 0.364 e. The molecule has 25 heavy (non-hydrogen) atoms. The molecule has 1 amide bonds. The van der Waals surface area contributed by atoms with Crippen molar-refractivity contribution in [3.63, 3.8) is 0 Å². The lowest BCUT2D eigenvalue weighted by molar-refractivity contribution is 0.0995. The fraction of sp³-hybridized carbons (Fsp3) is 0.412. The average Bonchev–Trinajstić information content (AvgIpc) is 3.05. The summed E-state index contributed by atoms with van der Waals surface area (Å²) in [5.41, 5.74) is 8.06. The molecule has 3 N–H and O–H groups in total. The number of aryl methyl sites for hydroxylation is 2. The summed E-state index contributed by atoms with van der Waals surface area (Å²) in [5, 5.41) is 6.73. The first-order chi connectivity index (χ1) is 11.8. The molecule has 2 aromatic rings. The summed E-state index contributed by atoms with van der Waals surface area (Å²) >= 11 is 0. The maximum absolute atomic E-state index is 12.9. The SMILES string of the molecule is Cc1ccc(S(=O)(=O)N2CCC(c3cc(C(N)=O)n[nH]3)CC2)c(C)c1. The molecule has 1 aromatic carbocycles. The number of carbonyl (C=O) groups is 1. The van der Waals surface area contributed by atoms with Crippen LogP contribution in [-0.2, 0) is 10.0 Å². The number of hydrogen-bond acceptors (Lipinski definition) is 4. The van der Waals surface area contributed by atoms with E-state index in [0.717, 1.165) is 16.8 Å². The number of nitrogens with two attached hydrogens (primary N) is 1. The van der Waals surface area contributed by atoms with Crippen LogP contribution >= 0.6 is 0 Å². The second kappa shape index (κ2) is 6.61. The standard InChI is InChI=1S/C17H22N4O3S/c1-11-3-4-16(12(2)9-11)25(23,24)21-7-5-13(6-8-21)14-10-15(17(18)22)20-19-14/h3-4,9-10,13H,5-8H2,1-2H3,(H2,18,22)(H,19,20). The van der Waals surface area contributed by atoms with Gasteiger partial charge >= 0.3 is 0 Å². The van der Waals surface area contributed by atoms with Gasteiger partial charge in [-0.05, 0) is 44.4 Å². The molecule has 0 atom stereocenters. The third-order valence-electron chi connectivity index (χ3n) is 4.69. The van der Waals surface area contributed by atoms with Crippen molar-refractivity contribution in [2.45, 2.75) is 37.5 Å². The second-order valence-corrected chi connectivity index (χ2v) is 8.43. The van der Waals surface area contributed by atoms with E-state index in [1.807, 2.05) is 26.0 Å². The summed E-state index contributed by atoms with van der Waals surface area (Å²) in [6.07, 6.45) is 1.34. The van der Waals surface area contributed by atoms with E-state index in [4.69, 9.17) is 5.73 Å². The smallest absolute Gasteiger partial charge is 0.269 e. The molecule has 134 valence electrons. The van der Waals surface area contributed by atoms with Crippen LogP contribution in [-0.4, -0.2) is 41.9 Å². The molecule has 8 heteroatoms.